The lowest BCUT2D eigenvalue weighted by atomic mass is 9.86. The van der Waals surface area contributed by atoms with Crippen molar-refractivity contribution in [2.45, 2.75) is 39.2 Å². The number of benzene rings is 2. The molecule has 1 aliphatic rings. The molecular formula is C26H31FN2O3. The lowest BCUT2D eigenvalue weighted by molar-refractivity contribution is 0.0161. The Labute approximate surface area is 188 Å². The van der Waals surface area contributed by atoms with Crippen LogP contribution in [0.2, 0.25) is 0 Å². The summed E-state index contributed by atoms with van der Waals surface area (Å²) in [5, 5.41) is 3.67. The number of hydrogen-bond acceptors (Lipinski definition) is 4. The average Bonchev–Trinajstić information content (AvgIpc) is 3.10. The summed E-state index contributed by atoms with van der Waals surface area (Å²) >= 11 is 0. The van der Waals surface area contributed by atoms with Gasteiger partial charge in [-0.2, -0.15) is 0 Å². The number of carbonyl (C=O) groups excluding carboxylic acids is 1. The number of furan rings is 1. The van der Waals surface area contributed by atoms with Gasteiger partial charge in [0.25, 0.3) is 5.91 Å². The van der Waals surface area contributed by atoms with Crippen molar-refractivity contribution >= 4 is 16.9 Å². The van der Waals surface area contributed by atoms with E-state index in [-0.39, 0.29) is 28.9 Å². The van der Waals surface area contributed by atoms with Crippen molar-refractivity contribution in [1.29, 1.82) is 0 Å². The van der Waals surface area contributed by atoms with Crippen LogP contribution in [-0.2, 0) is 10.2 Å². The Bertz CT molecular complexity index is 1090. The number of ether oxygens (including phenoxy) is 1. The number of aryl methyl sites for hydroxylation is 1. The van der Waals surface area contributed by atoms with Crippen LogP contribution in [0.5, 0.6) is 0 Å². The predicted molar refractivity (Wildman–Crippen MR) is 124 cm³/mol. The van der Waals surface area contributed by atoms with Crippen LogP contribution in [-0.4, -0.2) is 43.7 Å². The van der Waals surface area contributed by atoms with Gasteiger partial charge >= 0.3 is 0 Å². The van der Waals surface area contributed by atoms with Crippen LogP contribution in [0.1, 0.15) is 54.1 Å². The van der Waals surface area contributed by atoms with E-state index in [0.29, 0.717) is 36.3 Å². The third-order valence-corrected chi connectivity index (χ3v) is 6.21. The molecule has 1 saturated heterocycles. The SMILES string of the molecule is Cc1c(C(=O)NC[C@H](c2ccc(C(C)(C)C)cc2)N2CCOCC2)oc2ccc(F)cc12. The summed E-state index contributed by atoms with van der Waals surface area (Å²) in [6.45, 7) is 11.8. The lowest BCUT2D eigenvalue weighted by Gasteiger charge is -2.35. The molecule has 5 nitrogen and oxygen atoms in total. The molecule has 2 aromatic carbocycles. The van der Waals surface area contributed by atoms with Crippen molar-refractivity contribution in [2.24, 2.45) is 0 Å². The molecule has 1 amide bonds. The number of fused-ring (bicyclic) bond motifs is 1. The van der Waals surface area contributed by atoms with Crippen molar-refractivity contribution in [3.8, 4) is 0 Å². The average molecular weight is 439 g/mol. The van der Waals surface area contributed by atoms with Gasteiger partial charge in [0, 0.05) is 30.6 Å². The van der Waals surface area contributed by atoms with Crippen LogP contribution in [0.3, 0.4) is 0 Å². The van der Waals surface area contributed by atoms with Gasteiger partial charge in [0.1, 0.15) is 11.4 Å². The molecule has 0 saturated carbocycles. The molecule has 1 aromatic heterocycles. The highest BCUT2D eigenvalue weighted by molar-refractivity contribution is 5.98. The summed E-state index contributed by atoms with van der Waals surface area (Å²) in [5.74, 6) is -0.405. The second-order valence-electron chi connectivity index (χ2n) is 9.44. The van der Waals surface area contributed by atoms with E-state index < -0.39 is 0 Å². The molecule has 1 N–H and O–H groups in total. The summed E-state index contributed by atoms with van der Waals surface area (Å²) in [7, 11) is 0. The maximum Gasteiger partial charge on any atom is 0.287 e. The molecule has 2 heterocycles. The molecule has 1 atom stereocenters. The van der Waals surface area contributed by atoms with E-state index in [4.69, 9.17) is 9.15 Å². The first-order chi connectivity index (χ1) is 15.2. The molecule has 0 spiro atoms. The van der Waals surface area contributed by atoms with E-state index in [9.17, 15) is 9.18 Å². The largest absolute Gasteiger partial charge is 0.451 e. The predicted octanol–water partition coefficient (Wildman–Crippen LogP) is 4.98. The number of rotatable bonds is 5. The van der Waals surface area contributed by atoms with Gasteiger partial charge in [0.15, 0.2) is 5.76 Å². The second kappa shape index (κ2) is 9.04. The molecule has 6 heteroatoms. The van der Waals surface area contributed by atoms with Crippen molar-refractivity contribution in [3.63, 3.8) is 0 Å². The quantitative estimate of drug-likeness (QED) is 0.610. The fourth-order valence-electron chi connectivity index (χ4n) is 4.23. The standard InChI is InChI=1S/C26H31FN2O3/c1-17-21-15-20(27)9-10-23(21)32-24(17)25(30)28-16-22(29-11-13-31-14-12-29)18-5-7-19(8-6-18)26(2,3)4/h5-10,15,22H,11-14,16H2,1-4H3,(H,28,30)/t22-/m1/s1. The third kappa shape index (κ3) is 4.71. The molecule has 1 aliphatic heterocycles. The molecular weight excluding hydrogens is 407 g/mol. The second-order valence-corrected chi connectivity index (χ2v) is 9.44. The Hall–Kier alpha value is -2.70. The summed E-state index contributed by atoms with van der Waals surface area (Å²) in [5.41, 5.74) is 3.67. The number of hydrogen-bond donors (Lipinski definition) is 1. The van der Waals surface area contributed by atoms with Crippen LogP contribution >= 0.6 is 0 Å². The maximum atomic E-state index is 13.6. The molecule has 4 rings (SSSR count). The Morgan fingerprint density at radius 2 is 1.81 bits per heavy atom. The molecule has 1 fully saturated rings. The van der Waals surface area contributed by atoms with Crippen molar-refractivity contribution in [3.05, 3.63) is 70.7 Å². The molecule has 3 aromatic rings. The van der Waals surface area contributed by atoms with Crippen LogP contribution in [0, 0.1) is 12.7 Å². The molecule has 0 unspecified atom stereocenters. The molecule has 0 bridgehead atoms. The number of nitrogens with zero attached hydrogens (tertiary/aromatic N) is 1. The van der Waals surface area contributed by atoms with E-state index in [2.05, 4.69) is 55.3 Å². The number of nitrogens with one attached hydrogen (secondary N) is 1. The lowest BCUT2D eigenvalue weighted by Crippen LogP contribution is -2.43. The summed E-state index contributed by atoms with van der Waals surface area (Å²) in [6.07, 6.45) is 0. The van der Waals surface area contributed by atoms with Crippen LogP contribution < -0.4 is 5.32 Å². The topological polar surface area (TPSA) is 54.7 Å². The number of halogens is 1. The van der Waals surface area contributed by atoms with Crippen molar-refractivity contribution in [1.82, 2.24) is 10.2 Å². The van der Waals surface area contributed by atoms with Gasteiger partial charge in [-0.3, -0.25) is 9.69 Å². The van der Waals surface area contributed by atoms with Crippen molar-refractivity contribution in [2.75, 3.05) is 32.8 Å². The zero-order chi connectivity index (χ0) is 22.9. The van der Waals surface area contributed by atoms with Crippen LogP contribution in [0.4, 0.5) is 4.39 Å². The molecule has 0 aliphatic carbocycles. The Morgan fingerprint density at radius 1 is 1.12 bits per heavy atom. The summed E-state index contributed by atoms with van der Waals surface area (Å²) < 4.78 is 24.9. The van der Waals surface area contributed by atoms with Gasteiger partial charge in [0.2, 0.25) is 0 Å². The number of carbonyl (C=O) groups is 1. The van der Waals surface area contributed by atoms with E-state index in [1.165, 1.54) is 17.7 Å². The highest BCUT2D eigenvalue weighted by Gasteiger charge is 2.25. The first kappa shape index (κ1) is 22.5. The normalized spacial score (nSPS) is 16.3. The van der Waals surface area contributed by atoms with E-state index in [1.807, 2.05) is 0 Å². The monoisotopic (exact) mass is 438 g/mol. The highest BCUT2D eigenvalue weighted by Crippen LogP contribution is 2.28. The fraction of sp³-hybridized carbons (Fsp3) is 0.423. The minimum absolute atomic E-state index is 0.0268. The van der Waals surface area contributed by atoms with Gasteiger partial charge in [-0.1, -0.05) is 45.0 Å². The van der Waals surface area contributed by atoms with Gasteiger partial charge < -0.3 is 14.5 Å². The number of morpholine rings is 1. The minimum atomic E-state index is -0.348. The van der Waals surface area contributed by atoms with E-state index in [0.717, 1.165) is 18.7 Å². The third-order valence-electron chi connectivity index (χ3n) is 6.21. The summed E-state index contributed by atoms with van der Waals surface area (Å²) in [6, 6.07) is 13.0. The van der Waals surface area contributed by atoms with Crippen molar-refractivity contribution < 1.29 is 18.3 Å². The van der Waals surface area contributed by atoms with Gasteiger partial charge in [-0.25, -0.2) is 4.39 Å². The van der Waals surface area contributed by atoms with Gasteiger partial charge in [-0.15, -0.1) is 0 Å². The minimum Gasteiger partial charge on any atom is -0.451 e. The molecule has 170 valence electrons. The summed E-state index contributed by atoms with van der Waals surface area (Å²) in [4.78, 5) is 15.3. The smallest absolute Gasteiger partial charge is 0.287 e. The zero-order valence-corrected chi connectivity index (χ0v) is 19.2. The first-order valence-electron chi connectivity index (χ1n) is 11.1. The number of amides is 1. The van der Waals surface area contributed by atoms with Gasteiger partial charge in [-0.05, 0) is 41.7 Å². The van der Waals surface area contributed by atoms with E-state index in [1.54, 1.807) is 13.0 Å². The fourth-order valence-corrected chi connectivity index (χ4v) is 4.23. The van der Waals surface area contributed by atoms with Crippen LogP contribution in [0.15, 0.2) is 46.9 Å². The van der Waals surface area contributed by atoms with E-state index >= 15 is 0 Å². The van der Waals surface area contributed by atoms with Crippen LogP contribution in [0.25, 0.3) is 11.0 Å². The maximum absolute atomic E-state index is 13.6. The Kier molecular flexibility index (Phi) is 6.35. The Morgan fingerprint density at radius 3 is 2.47 bits per heavy atom. The first-order valence-corrected chi connectivity index (χ1v) is 11.1. The van der Waals surface area contributed by atoms with Gasteiger partial charge in [0.05, 0.1) is 19.3 Å². The molecule has 32 heavy (non-hydrogen) atoms. The Balaban J connectivity index is 1.55. The highest BCUT2D eigenvalue weighted by atomic mass is 19.1. The zero-order valence-electron chi connectivity index (χ0n) is 19.2. The molecule has 0 radical (unpaired) electrons.